The fourth-order valence-electron chi connectivity index (χ4n) is 1.59. The van der Waals surface area contributed by atoms with Crippen molar-refractivity contribution in [3.05, 3.63) is 34.1 Å². The van der Waals surface area contributed by atoms with Crippen molar-refractivity contribution >= 4 is 21.8 Å². The smallest absolute Gasteiger partial charge is 0.256 e. The van der Waals surface area contributed by atoms with Gasteiger partial charge in [0.05, 0.1) is 5.56 Å². The summed E-state index contributed by atoms with van der Waals surface area (Å²) in [6, 6.07) is 4.39. The molecule has 0 N–H and O–H groups in total. The van der Waals surface area contributed by atoms with Crippen LogP contribution in [0.2, 0.25) is 0 Å². The number of halogens is 2. The molecule has 0 saturated heterocycles. The Kier molecular flexibility index (Phi) is 5.75. The first kappa shape index (κ1) is 15.1. The van der Waals surface area contributed by atoms with E-state index in [1.807, 2.05) is 14.1 Å². The van der Waals surface area contributed by atoms with Crippen molar-refractivity contribution < 1.29 is 9.18 Å². The normalized spacial score (nSPS) is 10.8. The zero-order valence-corrected chi connectivity index (χ0v) is 12.5. The van der Waals surface area contributed by atoms with E-state index in [0.717, 1.165) is 13.0 Å². The van der Waals surface area contributed by atoms with Crippen LogP contribution in [0.15, 0.2) is 22.7 Å². The van der Waals surface area contributed by atoms with Crippen molar-refractivity contribution in [2.45, 2.75) is 6.42 Å². The third-order valence-electron chi connectivity index (χ3n) is 2.60. The predicted molar refractivity (Wildman–Crippen MR) is 74.2 cm³/mol. The minimum Gasteiger partial charge on any atom is -0.342 e. The average molecular weight is 317 g/mol. The highest BCUT2D eigenvalue weighted by atomic mass is 79.9. The standard InChI is InChI=1S/C13H18BrFN2O/c1-16(2)7-4-8-17(3)13(18)11-9-10(14)5-6-12(11)15/h5-6,9H,4,7-8H2,1-3H3. The molecule has 0 saturated carbocycles. The van der Waals surface area contributed by atoms with Crippen LogP contribution in [0.1, 0.15) is 16.8 Å². The maximum absolute atomic E-state index is 13.6. The van der Waals surface area contributed by atoms with Crippen molar-refractivity contribution in [1.82, 2.24) is 9.80 Å². The van der Waals surface area contributed by atoms with Gasteiger partial charge in [0.15, 0.2) is 0 Å². The lowest BCUT2D eigenvalue weighted by Crippen LogP contribution is -2.30. The van der Waals surface area contributed by atoms with Gasteiger partial charge in [-0.2, -0.15) is 0 Å². The van der Waals surface area contributed by atoms with E-state index in [4.69, 9.17) is 0 Å². The molecule has 0 bridgehead atoms. The molecule has 0 aliphatic heterocycles. The Balaban J connectivity index is 2.65. The number of amides is 1. The van der Waals surface area contributed by atoms with Crippen molar-refractivity contribution in [3.63, 3.8) is 0 Å². The van der Waals surface area contributed by atoms with Gasteiger partial charge in [-0.3, -0.25) is 4.79 Å². The van der Waals surface area contributed by atoms with Gasteiger partial charge in [0.25, 0.3) is 5.91 Å². The van der Waals surface area contributed by atoms with Crippen LogP contribution in [0.25, 0.3) is 0 Å². The van der Waals surface area contributed by atoms with Crippen LogP contribution in [0, 0.1) is 5.82 Å². The highest BCUT2D eigenvalue weighted by molar-refractivity contribution is 9.10. The summed E-state index contributed by atoms with van der Waals surface area (Å²) in [5.41, 5.74) is 0.108. The molecule has 0 spiro atoms. The second-order valence-corrected chi connectivity index (χ2v) is 5.42. The molecule has 0 fully saturated rings. The molecule has 3 nitrogen and oxygen atoms in total. The summed E-state index contributed by atoms with van der Waals surface area (Å²) in [6.07, 6.45) is 0.866. The summed E-state index contributed by atoms with van der Waals surface area (Å²) in [5.74, 6) is -0.768. The van der Waals surface area contributed by atoms with E-state index in [2.05, 4.69) is 20.8 Å². The summed E-state index contributed by atoms with van der Waals surface area (Å²) in [7, 11) is 5.66. The van der Waals surface area contributed by atoms with Crippen LogP contribution in [0.4, 0.5) is 4.39 Å². The van der Waals surface area contributed by atoms with E-state index in [1.165, 1.54) is 12.1 Å². The Bertz CT molecular complexity index is 423. The molecule has 0 heterocycles. The third kappa shape index (κ3) is 4.38. The molecule has 5 heteroatoms. The van der Waals surface area contributed by atoms with Crippen molar-refractivity contribution in [2.75, 3.05) is 34.2 Å². The molecule has 1 aromatic carbocycles. The topological polar surface area (TPSA) is 23.6 Å². The van der Waals surface area contributed by atoms with Gasteiger partial charge in [-0.15, -0.1) is 0 Å². The van der Waals surface area contributed by atoms with Gasteiger partial charge in [0.1, 0.15) is 5.82 Å². The van der Waals surface area contributed by atoms with E-state index in [9.17, 15) is 9.18 Å². The lowest BCUT2D eigenvalue weighted by atomic mass is 10.2. The molecule has 0 radical (unpaired) electrons. The lowest BCUT2D eigenvalue weighted by molar-refractivity contribution is 0.0786. The fourth-order valence-corrected chi connectivity index (χ4v) is 1.95. The minimum atomic E-state index is -0.484. The molecule has 0 aliphatic rings. The minimum absolute atomic E-state index is 0.108. The number of hydrogen-bond donors (Lipinski definition) is 0. The van der Waals surface area contributed by atoms with E-state index in [-0.39, 0.29) is 11.5 Å². The summed E-state index contributed by atoms with van der Waals surface area (Å²) < 4.78 is 14.3. The largest absolute Gasteiger partial charge is 0.342 e. The first-order valence-electron chi connectivity index (χ1n) is 5.77. The number of rotatable bonds is 5. The summed E-state index contributed by atoms with van der Waals surface area (Å²) in [4.78, 5) is 15.6. The molecule has 1 rings (SSSR count). The summed E-state index contributed by atoms with van der Waals surface area (Å²) >= 11 is 3.24. The van der Waals surface area contributed by atoms with Gasteiger partial charge in [-0.05, 0) is 45.3 Å². The lowest BCUT2D eigenvalue weighted by Gasteiger charge is -2.19. The maximum Gasteiger partial charge on any atom is 0.256 e. The van der Waals surface area contributed by atoms with Crippen LogP contribution in [-0.4, -0.2) is 49.9 Å². The Hall–Kier alpha value is -0.940. The van der Waals surface area contributed by atoms with E-state index in [1.54, 1.807) is 18.0 Å². The van der Waals surface area contributed by atoms with Gasteiger partial charge in [0, 0.05) is 18.1 Å². The Labute approximate surface area is 116 Å². The summed E-state index contributed by atoms with van der Waals surface area (Å²) in [5, 5.41) is 0. The number of carbonyl (C=O) groups excluding carboxylic acids is 1. The van der Waals surface area contributed by atoms with Gasteiger partial charge >= 0.3 is 0 Å². The quantitative estimate of drug-likeness (QED) is 0.833. The molecule has 18 heavy (non-hydrogen) atoms. The van der Waals surface area contributed by atoms with Gasteiger partial charge < -0.3 is 9.80 Å². The number of hydrogen-bond acceptors (Lipinski definition) is 2. The van der Waals surface area contributed by atoms with Crippen LogP contribution in [0.5, 0.6) is 0 Å². The van der Waals surface area contributed by atoms with E-state index >= 15 is 0 Å². The molecule has 0 atom stereocenters. The number of benzene rings is 1. The van der Waals surface area contributed by atoms with Crippen molar-refractivity contribution in [3.8, 4) is 0 Å². The predicted octanol–water partition coefficient (Wildman–Crippen LogP) is 2.61. The first-order valence-corrected chi connectivity index (χ1v) is 6.56. The maximum atomic E-state index is 13.6. The number of nitrogens with zero attached hydrogens (tertiary/aromatic N) is 2. The molecule has 0 aromatic heterocycles. The number of carbonyl (C=O) groups is 1. The molecule has 0 aliphatic carbocycles. The monoisotopic (exact) mass is 316 g/mol. The highest BCUT2D eigenvalue weighted by Gasteiger charge is 2.16. The first-order chi connectivity index (χ1) is 8.41. The molecular formula is C13H18BrFN2O. The fraction of sp³-hybridized carbons (Fsp3) is 0.462. The van der Waals surface area contributed by atoms with Crippen molar-refractivity contribution in [1.29, 1.82) is 0 Å². The molecular weight excluding hydrogens is 299 g/mol. The van der Waals surface area contributed by atoms with Gasteiger partial charge in [-0.1, -0.05) is 15.9 Å². The van der Waals surface area contributed by atoms with Crippen LogP contribution in [-0.2, 0) is 0 Å². The second-order valence-electron chi connectivity index (χ2n) is 4.51. The average Bonchev–Trinajstić information content (AvgIpc) is 2.30. The Morgan fingerprint density at radius 1 is 1.28 bits per heavy atom. The third-order valence-corrected chi connectivity index (χ3v) is 3.10. The van der Waals surface area contributed by atoms with E-state index < -0.39 is 5.82 Å². The molecule has 0 unspecified atom stereocenters. The molecule has 1 aromatic rings. The molecule has 1 amide bonds. The van der Waals surface area contributed by atoms with Gasteiger partial charge in [0.2, 0.25) is 0 Å². The van der Waals surface area contributed by atoms with Gasteiger partial charge in [-0.25, -0.2) is 4.39 Å². The van der Waals surface area contributed by atoms with Crippen LogP contribution < -0.4 is 0 Å². The molecule has 100 valence electrons. The SMILES string of the molecule is CN(C)CCCN(C)C(=O)c1cc(Br)ccc1F. The second kappa shape index (κ2) is 6.85. The van der Waals surface area contributed by atoms with E-state index in [0.29, 0.717) is 11.0 Å². The zero-order valence-electron chi connectivity index (χ0n) is 10.9. The van der Waals surface area contributed by atoms with Crippen LogP contribution in [0.3, 0.4) is 0 Å². The highest BCUT2D eigenvalue weighted by Crippen LogP contribution is 2.17. The Morgan fingerprint density at radius 3 is 2.56 bits per heavy atom. The van der Waals surface area contributed by atoms with Crippen LogP contribution >= 0.6 is 15.9 Å². The summed E-state index contributed by atoms with van der Waals surface area (Å²) in [6.45, 7) is 1.52. The Morgan fingerprint density at radius 2 is 1.94 bits per heavy atom. The zero-order chi connectivity index (χ0) is 13.7. The van der Waals surface area contributed by atoms with Crippen molar-refractivity contribution in [2.24, 2.45) is 0 Å².